The molecule has 1 heterocycles. The summed E-state index contributed by atoms with van der Waals surface area (Å²) >= 11 is 4.88. The molecule has 0 N–H and O–H groups in total. The average molecular weight is 427 g/mol. The Balaban J connectivity index is 1.70. The number of hydrogen-bond donors (Lipinski definition) is 0. The van der Waals surface area contributed by atoms with Crippen molar-refractivity contribution in [3.8, 4) is 11.3 Å². The second-order valence-corrected chi connectivity index (χ2v) is 8.16. The molecule has 0 aliphatic rings. The Morgan fingerprint density at radius 3 is 2.35 bits per heavy atom. The SMILES string of the molecule is Cc1cc(C)c(C(=O)CSc2ccc(-c3cccc(Br)c3)nn2)c(C)c1. The molecule has 0 bridgehead atoms. The third-order valence-corrected chi connectivity index (χ3v) is 5.48. The predicted octanol–water partition coefficient (Wildman–Crippen LogP) is 5.81. The van der Waals surface area contributed by atoms with E-state index in [1.165, 1.54) is 17.3 Å². The molecule has 3 nitrogen and oxygen atoms in total. The molecule has 2 aromatic carbocycles. The molecule has 0 atom stereocenters. The average Bonchev–Trinajstić information content (AvgIpc) is 2.59. The lowest BCUT2D eigenvalue weighted by molar-refractivity contribution is 0.102. The summed E-state index contributed by atoms with van der Waals surface area (Å²) in [7, 11) is 0. The van der Waals surface area contributed by atoms with Crippen LogP contribution >= 0.6 is 27.7 Å². The Labute approximate surface area is 166 Å². The Morgan fingerprint density at radius 1 is 1.00 bits per heavy atom. The molecule has 0 amide bonds. The lowest BCUT2D eigenvalue weighted by atomic mass is 9.97. The number of ketones is 1. The number of aryl methyl sites for hydroxylation is 3. The molecule has 0 radical (unpaired) electrons. The van der Waals surface area contributed by atoms with Gasteiger partial charge in [-0.2, -0.15) is 0 Å². The maximum absolute atomic E-state index is 12.6. The summed E-state index contributed by atoms with van der Waals surface area (Å²) in [4.78, 5) is 12.6. The number of halogens is 1. The number of thioether (sulfide) groups is 1. The number of aromatic nitrogens is 2. The maximum Gasteiger partial charge on any atom is 0.173 e. The fraction of sp³-hybridized carbons (Fsp3) is 0.190. The van der Waals surface area contributed by atoms with Crippen LogP contribution in [-0.2, 0) is 0 Å². The molecular formula is C21H19BrN2OS. The third-order valence-electron chi connectivity index (χ3n) is 4.07. The molecule has 5 heteroatoms. The molecular weight excluding hydrogens is 408 g/mol. The molecule has 0 aliphatic heterocycles. The van der Waals surface area contributed by atoms with E-state index in [2.05, 4.69) is 38.3 Å². The van der Waals surface area contributed by atoms with Crippen molar-refractivity contribution in [1.82, 2.24) is 10.2 Å². The summed E-state index contributed by atoms with van der Waals surface area (Å²) in [6, 6.07) is 15.9. The largest absolute Gasteiger partial charge is 0.293 e. The molecule has 1 aromatic heterocycles. The van der Waals surface area contributed by atoms with E-state index < -0.39 is 0 Å². The van der Waals surface area contributed by atoms with Gasteiger partial charge in [-0.1, -0.05) is 57.5 Å². The van der Waals surface area contributed by atoms with E-state index in [9.17, 15) is 4.79 Å². The van der Waals surface area contributed by atoms with Gasteiger partial charge in [0.2, 0.25) is 0 Å². The number of carbonyl (C=O) groups is 1. The smallest absolute Gasteiger partial charge is 0.173 e. The highest BCUT2D eigenvalue weighted by Gasteiger charge is 2.14. The monoisotopic (exact) mass is 426 g/mol. The fourth-order valence-corrected chi connectivity index (χ4v) is 4.12. The fourth-order valence-electron chi connectivity index (χ4n) is 3.03. The first-order chi connectivity index (χ1) is 12.4. The highest BCUT2D eigenvalue weighted by atomic mass is 79.9. The summed E-state index contributed by atoms with van der Waals surface area (Å²) in [5, 5.41) is 9.29. The quantitative estimate of drug-likeness (QED) is 0.381. The first kappa shape index (κ1) is 18.8. The van der Waals surface area contributed by atoms with Crippen molar-refractivity contribution in [2.24, 2.45) is 0 Å². The summed E-state index contributed by atoms with van der Waals surface area (Å²) in [5.74, 6) is 0.484. The van der Waals surface area contributed by atoms with E-state index >= 15 is 0 Å². The summed E-state index contributed by atoms with van der Waals surface area (Å²) in [5.41, 5.74) is 5.88. The minimum atomic E-state index is 0.128. The molecule has 0 aliphatic carbocycles. The second kappa shape index (κ2) is 8.14. The Bertz CT molecular complexity index is 931. The van der Waals surface area contributed by atoms with Crippen molar-refractivity contribution >= 4 is 33.5 Å². The van der Waals surface area contributed by atoms with Gasteiger partial charge in [-0.25, -0.2) is 0 Å². The van der Waals surface area contributed by atoms with Crippen molar-refractivity contribution in [2.45, 2.75) is 25.8 Å². The normalized spacial score (nSPS) is 10.8. The number of rotatable bonds is 5. The topological polar surface area (TPSA) is 42.9 Å². The predicted molar refractivity (Wildman–Crippen MR) is 111 cm³/mol. The van der Waals surface area contributed by atoms with E-state index in [1.54, 1.807) is 0 Å². The van der Waals surface area contributed by atoms with Gasteiger partial charge < -0.3 is 0 Å². The first-order valence-corrected chi connectivity index (χ1v) is 10.1. The zero-order valence-corrected chi connectivity index (χ0v) is 17.3. The van der Waals surface area contributed by atoms with Crippen molar-refractivity contribution in [3.05, 3.63) is 75.3 Å². The second-order valence-electron chi connectivity index (χ2n) is 6.25. The number of Topliss-reactive ketones (excluding diaryl/α,β-unsaturated/α-hetero) is 1. The van der Waals surface area contributed by atoms with Gasteiger partial charge in [0.05, 0.1) is 11.4 Å². The zero-order valence-electron chi connectivity index (χ0n) is 14.9. The molecule has 3 aromatic rings. The zero-order chi connectivity index (χ0) is 18.7. The number of benzene rings is 2. The van der Waals surface area contributed by atoms with Crippen LogP contribution in [0.25, 0.3) is 11.3 Å². The molecule has 3 rings (SSSR count). The molecule has 0 saturated heterocycles. The van der Waals surface area contributed by atoms with Gasteiger partial charge in [0.1, 0.15) is 5.03 Å². The molecule has 0 unspecified atom stereocenters. The molecule has 0 saturated carbocycles. The molecule has 132 valence electrons. The lowest BCUT2D eigenvalue weighted by Crippen LogP contribution is -2.08. The maximum atomic E-state index is 12.6. The molecule has 26 heavy (non-hydrogen) atoms. The van der Waals surface area contributed by atoms with Crippen LogP contribution in [-0.4, -0.2) is 21.7 Å². The van der Waals surface area contributed by atoms with Crippen LogP contribution in [0.1, 0.15) is 27.0 Å². The number of hydrogen-bond acceptors (Lipinski definition) is 4. The van der Waals surface area contributed by atoms with Crippen LogP contribution in [0.15, 0.2) is 58.0 Å². The van der Waals surface area contributed by atoms with Gasteiger partial charge in [0.15, 0.2) is 5.78 Å². The van der Waals surface area contributed by atoms with Gasteiger partial charge in [0, 0.05) is 15.6 Å². The van der Waals surface area contributed by atoms with Crippen molar-refractivity contribution in [2.75, 3.05) is 5.75 Å². The van der Waals surface area contributed by atoms with E-state index in [1.807, 2.05) is 57.2 Å². The van der Waals surface area contributed by atoms with E-state index in [0.717, 1.165) is 37.4 Å². The van der Waals surface area contributed by atoms with Crippen LogP contribution < -0.4 is 0 Å². The van der Waals surface area contributed by atoms with E-state index in [0.29, 0.717) is 5.75 Å². The Hall–Kier alpha value is -1.98. The van der Waals surface area contributed by atoms with Crippen LogP contribution in [0.3, 0.4) is 0 Å². The van der Waals surface area contributed by atoms with Gasteiger partial charge in [0.25, 0.3) is 0 Å². The highest BCUT2D eigenvalue weighted by molar-refractivity contribution is 9.10. The Kier molecular flexibility index (Phi) is 5.89. The van der Waals surface area contributed by atoms with Crippen molar-refractivity contribution in [3.63, 3.8) is 0 Å². The number of nitrogens with zero attached hydrogens (tertiary/aromatic N) is 2. The Morgan fingerprint density at radius 2 is 1.73 bits per heavy atom. The standard InChI is InChI=1S/C21H19BrN2OS/c1-13-9-14(2)21(15(3)10-13)19(25)12-26-20-8-7-18(23-24-20)16-5-4-6-17(22)11-16/h4-11H,12H2,1-3H3. The lowest BCUT2D eigenvalue weighted by Gasteiger charge is -2.10. The first-order valence-electron chi connectivity index (χ1n) is 8.27. The van der Waals surface area contributed by atoms with Crippen LogP contribution in [0.5, 0.6) is 0 Å². The molecule has 0 spiro atoms. The van der Waals surface area contributed by atoms with Gasteiger partial charge in [-0.3, -0.25) is 4.79 Å². The molecule has 0 fully saturated rings. The van der Waals surface area contributed by atoms with Gasteiger partial charge >= 0.3 is 0 Å². The van der Waals surface area contributed by atoms with Crippen LogP contribution in [0, 0.1) is 20.8 Å². The van der Waals surface area contributed by atoms with Gasteiger partial charge in [-0.15, -0.1) is 10.2 Å². The van der Waals surface area contributed by atoms with Crippen molar-refractivity contribution in [1.29, 1.82) is 0 Å². The summed E-state index contributed by atoms with van der Waals surface area (Å²) < 4.78 is 1.00. The van der Waals surface area contributed by atoms with E-state index in [-0.39, 0.29) is 5.78 Å². The van der Waals surface area contributed by atoms with Crippen LogP contribution in [0.4, 0.5) is 0 Å². The van der Waals surface area contributed by atoms with Crippen LogP contribution in [0.2, 0.25) is 0 Å². The number of carbonyl (C=O) groups excluding carboxylic acids is 1. The minimum absolute atomic E-state index is 0.128. The summed E-state index contributed by atoms with van der Waals surface area (Å²) in [6.07, 6.45) is 0. The van der Waals surface area contributed by atoms with Crippen molar-refractivity contribution < 1.29 is 4.79 Å². The van der Waals surface area contributed by atoms with Gasteiger partial charge in [-0.05, 0) is 56.2 Å². The highest BCUT2D eigenvalue weighted by Crippen LogP contribution is 2.24. The minimum Gasteiger partial charge on any atom is -0.293 e. The summed E-state index contributed by atoms with van der Waals surface area (Å²) in [6.45, 7) is 6.03. The van der Waals surface area contributed by atoms with E-state index in [4.69, 9.17) is 0 Å². The third kappa shape index (κ3) is 4.40.